The Morgan fingerprint density at radius 1 is 1.50 bits per heavy atom. The first-order chi connectivity index (χ1) is 9.29. The third-order valence-electron chi connectivity index (χ3n) is 3.13. The summed E-state index contributed by atoms with van der Waals surface area (Å²) in [5.74, 6) is -1.26. The highest BCUT2D eigenvalue weighted by Gasteiger charge is 2.31. The predicted octanol–water partition coefficient (Wildman–Crippen LogP) is 2.12. The molecule has 0 spiro atoms. The molecule has 110 valence electrons. The average molecular weight is 322 g/mol. The lowest BCUT2D eigenvalue weighted by molar-refractivity contribution is -0.126. The summed E-state index contributed by atoms with van der Waals surface area (Å²) >= 11 is 0. The van der Waals surface area contributed by atoms with E-state index in [1.807, 2.05) is 6.92 Å². The fourth-order valence-corrected chi connectivity index (χ4v) is 2.75. The molecule has 1 aromatic rings. The van der Waals surface area contributed by atoms with Gasteiger partial charge in [0.15, 0.2) is 0 Å². The normalized spacial score (nSPS) is 22.8. The maximum Gasteiger partial charge on any atom is 0.261 e. The molecule has 1 fully saturated rings. The minimum atomic E-state index is -4.00. The molecule has 0 radical (unpaired) electrons. The molecule has 1 amide bonds. The van der Waals surface area contributed by atoms with E-state index in [-0.39, 0.29) is 16.5 Å². The van der Waals surface area contributed by atoms with E-state index in [0.717, 1.165) is 24.6 Å². The van der Waals surface area contributed by atoms with Gasteiger partial charge in [0.25, 0.3) is 15.0 Å². The largest absolute Gasteiger partial charge is 0.368 e. The number of hydrogen-bond acceptors (Lipinski definition) is 4. The summed E-state index contributed by atoms with van der Waals surface area (Å²) in [6, 6.07) is 3.04. The van der Waals surface area contributed by atoms with Crippen molar-refractivity contribution in [1.82, 2.24) is 0 Å². The molecule has 1 heterocycles. The summed E-state index contributed by atoms with van der Waals surface area (Å²) in [6.07, 6.45) is 0.148. The van der Waals surface area contributed by atoms with Crippen LogP contribution in [-0.4, -0.2) is 27.0 Å². The molecular weight excluding hydrogens is 309 g/mol. The van der Waals surface area contributed by atoms with Crippen molar-refractivity contribution in [3.05, 3.63) is 24.0 Å². The zero-order valence-electron chi connectivity index (χ0n) is 10.6. The zero-order valence-corrected chi connectivity index (χ0v) is 12.2. The average Bonchev–Trinajstić information content (AvgIpc) is 2.76. The molecule has 1 saturated heterocycles. The van der Waals surface area contributed by atoms with Crippen LogP contribution in [-0.2, 0) is 18.6 Å². The number of ether oxygens (including phenoxy) is 1. The maximum atomic E-state index is 13.7. The van der Waals surface area contributed by atoms with E-state index < -0.39 is 26.9 Å². The summed E-state index contributed by atoms with van der Waals surface area (Å²) in [7, 11) is 1.11. The highest BCUT2D eigenvalue weighted by atomic mass is 35.7. The number of hydrogen-bond donors (Lipinski definition) is 1. The first-order valence-corrected chi connectivity index (χ1v) is 8.26. The molecule has 8 heteroatoms. The number of carbonyl (C=O) groups is 1. The van der Waals surface area contributed by atoms with E-state index in [0.29, 0.717) is 6.61 Å². The number of nitrogens with one attached hydrogen (secondary N) is 1. The topological polar surface area (TPSA) is 72.5 Å². The highest BCUT2D eigenvalue weighted by Crippen LogP contribution is 2.24. The van der Waals surface area contributed by atoms with Crippen LogP contribution in [0.3, 0.4) is 0 Å². The van der Waals surface area contributed by atoms with Gasteiger partial charge in [-0.2, -0.15) is 0 Å². The van der Waals surface area contributed by atoms with Crippen molar-refractivity contribution in [3.8, 4) is 0 Å². The van der Waals surface area contributed by atoms with Crippen LogP contribution < -0.4 is 5.32 Å². The molecule has 2 rings (SSSR count). The van der Waals surface area contributed by atoms with E-state index in [1.165, 1.54) is 0 Å². The van der Waals surface area contributed by atoms with Crippen molar-refractivity contribution in [2.45, 2.75) is 24.3 Å². The third kappa shape index (κ3) is 3.28. The van der Waals surface area contributed by atoms with Crippen LogP contribution in [0.5, 0.6) is 0 Å². The molecule has 2 atom stereocenters. The van der Waals surface area contributed by atoms with Gasteiger partial charge in [0.2, 0.25) is 0 Å². The Bertz CT molecular complexity index is 634. The minimum Gasteiger partial charge on any atom is -0.368 e. The Hall–Kier alpha value is -1.18. The van der Waals surface area contributed by atoms with E-state index in [2.05, 4.69) is 5.32 Å². The van der Waals surface area contributed by atoms with Crippen LogP contribution in [0, 0.1) is 11.7 Å². The molecule has 0 saturated carbocycles. The van der Waals surface area contributed by atoms with Crippen molar-refractivity contribution in [2.75, 3.05) is 11.9 Å². The van der Waals surface area contributed by atoms with Crippen LogP contribution in [0.15, 0.2) is 23.1 Å². The molecule has 0 aliphatic carbocycles. The van der Waals surface area contributed by atoms with Crippen LogP contribution in [0.4, 0.5) is 10.1 Å². The molecule has 1 aliphatic rings. The van der Waals surface area contributed by atoms with E-state index in [4.69, 9.17) is 15.4 Å². The number of rotatable bonds is 3. The van der Waals surface area contributed by atoms with Gasteiger partial charge in [0, 0.05) is 17.3 Å². The molecule has 1 aromatic carbocycles. The van der Waals surface area contributed by atoms with Crippen LogP contribution in [0.25, 0.3) is 0 Å². The van der Waals surface area contributed by atoms with Gasteiger partial charge in [-0.15, -0.1) is 0 Å². The van der Waals surface area contributed by atoms with Gasteiger partial charge >= 0.3 is 0 Å². The lowest BCUT2D eigenvalue weighted by atomic mass is 10.0. The Morgan fingerprint density at radius 2 is 2.20 bits per heavy atom. The monoisotopic (exact) mass is 321 g/mol. The van der Waals surface area contributed by atoms with Gasteiger partial charge in [-0.25, -0.2) is 12.8 Å². The molecule has 20 heavy (non-hydrogen) atoms. The van der Waals surface area contributed by atoms with E-state index in [1.54, 1.807) is 0 Å². The number of benzene rings is 1. The second-order valence-corrected chi connectivity index (χ2v) is 7.19. The summed E-state index contributed by atoms with van der Waals surface area (Å²) in [6.45, 7) is 2.36. The fraction of sp³-hybridized carbons (Fsp3) is 0.417. The Balaban J connectivity index is 2.16. The molecule has 2 unspecified atom stereocenters. The van der Waals surface area contributed by atoms with E-state index >= 15 is 0 Å². The van der Waals surface area contributed by atoms with Crippen molar-refractivity contribution in [1.29, 1.82) is 0 Å². The zero-order chi connectivity index (χ0) is 14.9. The maximum absolute atomic E-state index is 13.7. The van der Waals surface area contributed by atoms with Gasteiger partial charge in [0.05, 0.1) is 10.6 Å². The van der Waals surface area contributed by atoms with Crippen LogP contribution >= 0.6 is 10.7 Å². The van der Waals surface area contributed by atoms with Crippen LogP contribution in [0.2, 0.25) is 0 Å². The number of amides is 1. The van der Waals surface area contributed by atoms with Gasteiger partial charge < -0.3 is 10.1 Å². The second kappa shape index (κ2) is 5.67. The fourth-order valence-electron chi connectivity index (χ4n) is 1.98. The Kier molecular flexibility index (Phi) is 4.31. The number of halogens is 2. The Labute approximate surface area is 120 Å². The predicted molar refractivity (Wildman–Crippen MR) is 71.6 cm³/mol. The molecule has 1 N–H and O–H groups in total. The van der Waals surface area contributed by atoms with Gasteiger partial charge in [0.1, 0.15) is 11.9 Å². The molecule has 0 aromatic heterocycles. The summed E-state index contributed by atoms with van der Waals surface area (Å²) < 4.78 is 41.1. The SMILES string of the molecule is CC1CCOC1C(=O)Nc1ccc(S(=O)(=O)Cl)cc1F. The highest BCUT2D eigenvalue weighted by molar-refractivity contribution is 8.13. The van der Waals surface area contributed by atoms with Crippen molar-refractivity contribution in [2.24, 2.45) is 5.92 Å². The van der Waals surface area contributed by atoms with Gasteiger partial charge in [-0.1, -0.05) is 6.92 Å². The van der Waals surface area contributed by atoms with Crippen molar-refractivity contribution in [3.63, 3.8) is 0 Å². The summed E-state index contributed by atoms with van der Waals surface area (Å²) in [5.41, 5.74) is -0.109. The molecular formula is C12H13ClFNO4S. The second-order valence-electron chi connectivity index (χ2n) is 4.63. The number of carbonyl (C=O) groups excluding carboxylic acids is 1. The minimum absolute atomic E-state index is 0.0561. The lowest BCUT2D eigenvalue weighted by Gasteiger charge is -2.15. The summed E-state index contributed by atoms with van der Waals surface area (Å²) in [4.78, 5) is 11.6. The molecule has 0 bridgehead atoms. The van der Waals surface area contributed by atoms with E-state index in [9.17, 15) is 17.6 Å². The first kappa shape index (κ1) is 15.2. The van der Waals surface area contributed by atoms with Crippen molar-refractivity contribution >= 4 is 31.3 Å². The molecule has 5 nitrogen and oxygen atoms in total. The lowest BCUT2D eigenvalue weighted by Crippen LogP contribution is -2.31. The summed E-state index contributed by atoms with van der Waals surface area (Å²) in [5, 5.41) is 2.38. The van der Waals surface area contributed by atoms with Gasteiger partial charge in [-0.3, -0.25) is 4.79 Å². The first-order valence-electron chi connectivity index (χ1n) is 5.95. The van der Waals surface area contributed by atoms with Gasteiger partial charge in [-0.05, 0) is 30.5 Å². The quantitative estimate of drug-likeness (QED) is 0.865. The smallest absolute Gasteiger partial charge is 0.261 e. The number of anilines is 1. The van der Waals surface area contributed by atoms with Crippen LogP contribution in [0.1, 0.15) is 13.3 Å². The van der Waals surface area contributed by atoms with Crippen molar-refractivity contribution < 1.29 is 22.3 Å². The standard InChI is InChI=1S/C12H13ClFNO4S/c1-7-4-5-19-11(7)12(16)15-10-3-2-8(6-9(10)14)20(13,17)18/h2-3,6-7,11H,4-5H2,1H3,(H,15,16). The molecule has 1 aliphatic heterocycles. The third-order valence-corrected chi connectivity index (χ3v) is 4.48. The Morgan fingerprint density at radius 3 is 2.70 bits per heavy atom.